The van der Waals surface area contributed by atoms with Crippen LogP contribution in [0.4, 0.5) is 5.69 Å². The minimum atomic E-state index is -0.644. The fourth-order valence-electron chi connectivity index (χ4n) is 1.64. The number of benzene rings is 1. The summed E-state index contributed by atoms with van der Waals surface area (Å²) in [6.07, 6.45) is 1.32. The van der Waals surface area contributed by atoms with E-state index in [4.69, 9.17) is 11.3 Å². The number of rotatable bonds is 2. The summed E-state index contributed by atoms with van der Waals surface area (Å²) in [5, 5.41) is 0.368. The number of ether oxygens (including phenoxy) is 1. The van der Waals surface area contributed by atoms with Crippen molar-refractivity contribution in [2.45, 2.75) is 6.92 Å². The largest absolute Gasteiger partial charge is 0.462 e. The first-order valence-corrected chi connectivity index (χ1v) is 5.37. The van der Waals surface area contributed by atoms with Gasteiger partial charge in [-0.05, 0) is 13.0 Å². The number of nitrogens with zero attached hydrogens (tertiary/aromatic N) is 1. The molecule has 0 aliphatic rings. The third-order valence-corrected chi connectivity index (χ3v) is 2.49. The van der Waals surface area contributed by atoms with Gasteiger partial charge in [0.25, 0.3) is 0 Å². The molecular weight excluding hydrogens is 232 g/mol. The van der Waals surface area contributed by atoms with Crippen LogP contribution in [0.3, 0.4) is 0 Å². The van der Waals surface area contributed by atoms with Gasteiger partial charge >= 0.3 is 5.97 Å². The monoisotopic (exact) mass is 242 g/mol. The van der Waals surface area contributed by atoms with E-state index in [1.807, 2.05) is 0 Å². The number of aromatic nitrogens is 1. The molecule has 5 nitrogen and oxygen atoms in total. The highest BCUT2D eigenvalue weighted by molar-refractivity contribution is 5.94. The summed E-state index contributed by atoms with van der Waals surface area (Å²) in [5.74, 6) is -0.644. The Labute approximate surface area is 103 Å². The Hall–Kier alpha value is -2.61. The number of hydrogen-bond donors (Lipinski definition) is 1. The van der Waals surface area contributed by atoms with Gasteiger partial charge in [-0.1, -0.05) is 12.1 Å². The van der Waals surface area contributed by atoms with Crippen molar-refractivity contribution in [1.82, 2.24) is 4.98 Å². The van der Waals surface area contributed by atoms with Gasteiger partial charge in [0.15, 0.2) is 5.69 Å². The highest BCUT2D eigenvalue weighted by atomic mass is 16.5. The summed E-state index contributed by atoms with van der Waals surface area (Å²) in [5.41, 5.74) is 0.544. The highest BCUT2D eigenvalue weighted by Crippen LogP contribution is 2.17. The predicted molar refractivity (Wildman–Crippen MR) is 66.8 cm³/mol. The Morgan fingerprint density at radius 3 is 2.94 bits per heavy atom. The first-order valence-electron chi connectivity index (χ1n) is 5.37. The molecule has 90 valence electrons. The van der Waals surface area contributed by atoms with Gasteiger partial charge in [-0.15, -0.1) is 0 Å². The van der Waals surface area contributed by atoms with Crippen LogP contribution in [0.15, 0.2) is 29.2 Å². The minimum Gasteiger partial charge on any atom is -0.462 e. The van der Waals surface area contributed by atoms with Gasteiger partial charge in [-0.3, -0.25) is 4.79 Å². The third kappa shape index (κ3) is 1.96. The molecule has 1 heterocycles. The third-order valence-electron chi connectivity index (χ3n) is 2.49. The number of esters is 1. The lowest BCUT2D eigenvalue weighted by atomic mass is 10.1. The van der Waals surface area contributed by atoms with E-state index in [1.165, 1.54) is 12.3 Å². The maximum Gasteiger partial charge on any atom is 0.343 e. The van der Waals surface area contributed by atoms with E-state index in [0.717, 1.165) is 0 Å². The number of carbonyl (C=O) groups excluding carboxylic acids is 1. The molecule has 1 N–H and O–H groups in total. The number of pyridine rings is 1. The molecule has 18 heavy (non-hydrogen) atoms. The molecule has 0 saturated heterocycles. The molecule has 0 aliphatic carbocycles. The molecule has 0 saturated carbocycles. The average molecular weight is 242 g/mol. The fourth-order valence-corrected chi connectivity index (χ4v) is 1.64. The lowest BCUT2D eigenvalue weighted by Gasteiger charge is -2.03. The van der Waals surface area contributed by atoms with Gasteiger partial charge in [0.1, 0.15) is 5.56 Å². The summed E-state index contributed by atoms with van der Waals surface area (Å²) in [4.78, 5) is 29.7. The molecule has 0 fully saturated rings. The molecule has 0 unspecified atom stereocenters. The molecule has 0 bridgehead atoms. The van der Waals surface area contributed by atoms with E-state index in [2.05, 4.69) is 9.83 Å². The molecule has 2 rings (SSSR count). The van der Waals surface area contributed by atoms with Crippen LogP contribution >= 0.6 is 0 Å². The second-order valence-electron chi connectivity index (χ2n) is 3.59. The smallest absolute Gasteiger partial charge is 0.343 e. The van der Waals surface area contributed by atoms with Crippen molar-refractivity contribution in [3.63, 3.8) is 0 Å². The van der Waals surface area contributed by atoms with Crippen LogP contribution in [0.5, 0.6) is 0 Å². The second kappa shape index (κ2) is 4.72. The minimum absolute atomic E-state index is 0.0279. The van der Waals surface area contributed by atoms with E-state index in [-0.39, 0.29) is 12.2 Å². The molecule has 1 aromatic heterocycles. The van der Waals surface area contributed by atoms with Gasteiger partial charge in [0, 0.05) is 17.1 Å². The molecule has 0 aliphatic heterocycles. The Bertz CT molecular complexity index is 710. The van der Waals surface area contributed by atoms with Crippen LogP contribution < -0.4 is 5.43 Å². The van der Waals surface area contributed by atoms with Crippen molar-refractivity contribution < 1.29 is 9.53 Å². The SMILES string of the molecule is [C-]#[N+]c1ccc2c(=O)c(C(=O)OCC)c[nH]c2c1. The van der Waals surface area contributed by atoms with E-state index < -0.39 is 11.4 Å². The van der Waals surface area contributed by atoms with E-state index in [9.17, 15) is 9.59 Å². The van der Waals surface area contributed by atoms with Gasteiger partial charge in [-0.25, -0.2) is 9.64 Å². The zero-order chi connectivity index (χ0) is 13.1. The van der Waals surface area contributed by atoms with Crippen LogP contribution in [0.25, 0.3) is 15.7 Å². The van der Waals surface area contributed by atoms with Crippen molar-refractivity contribution in [3.8, 4) is 0 Å². The molecule has 2 aromatic rings. The number of hydrogen-bond acceptors (Lipinski definition) is 3. The topological polar surface area (TPSA) is 63.5 Å². The van der Waals surface area contributed by atoms with E-state index in [0.29, 0.717) is 16.6 Å². The average Bonchev–Trinajstić information content (AvgIpc) is 2.38. The first-order chi connectivity index (χ1) is 8.67. The van der Waals surface area contributed by atoms with Crippen LogP contribution in [-0.2, 0) is 4.74 Å². The summed E-state index contributed by atoms with van der Waals surface area (Å²) in [6.45, 7) is 8.79. The lowest BCUT2D eigenvalue weighted by molar-refractivity contribution is 0.0524. The van der Waals surface area contributed by atoms with Gasteiger partial charge in [0.2, 0.25) is 5.43 Å². The number of nitrogens with one attached hydrogen (secondary N) is 1. The summed E-state index contributed by atoms with van der Waals surface area (Å²) in [6, 6.07) is 4.64. The van der Waals surface area contributed by atoms with Crippen LogP contribution in [0.2, 0.25) is 0 Å². The quantitative estimate of drug-likeness (QED) is 0.649. The van der Waals surface area contributed by atoms with Crippen molar-refractivity contribution in [2.75, 3.05) is 6.61 Å². The van der Waals surface area contributed by atoms with Gasteiger partial charge in [-0.2, -0.15) is 0 Å². The van der Waals surface area contributed by atoms with Crippen molar-refractivity contribution in [1.29, 1.82) is 0 Å². The van der Waals surface area contributed by atoms with Crippen LogP contribution in [-0.4, -0.2) is 17.6 Å². The molecule has 0 spiro atoms. The first kappa shape index (κ1) is 11.9. The Kier molecular flexibility index (Phi) is 3.11. The molecule has 0 radical (unpaired) electrons. The van der Waals surface area contributed by atoms with Gasteiger partial charge in [0.05, 0.1) is 13.2 Å². The Morgan fingerprint density at radius 1 is 1.50 bits per heavy atom. The highest BCUT2D eigenvalue weighted by Gasteiger charge is 2.13. The van der Waals surface area contributed by atoms with Crippen molar-refractivity contribution in [3.05, 3.63) is 51.6 Å². The van der Waals surface area contributed by atoms with E-state index in [1.54, 1.807) is 19.1 Å². The normalized spacial score (nSPS) is 10.0. The maximum atomic E-state index is 12.0. The Morgan fingerprint density at radius 2 is 2.28 bits per heavy atom. The van der Waals surface area contributed by atoms with Gasteiger partial charge < -0.3 is 9.72 Å². The standard InChI is InChI=1S/C13H10N2O3/c1-3-18-13(17)10-7-15-11-6-8(14-2)4-5-9(11)12(10)16/h4-7H,3H2,1H3,(H,15,16). The van der Waals surface area contributed by atoms with E-state index >= 15 is 0 Å². The summed E-state index contributed by atoms with van der Waals surface area (Å²) < 4.78 is 4.80. The molecule has 0 amide bonds. The number of carbonyl (C=O) groups is 1. The Balaban J connectivity index is 2.63. The van der Waals surface area contributed by atoms with Crippen molar-refractivity contribution in [2.24, 2.45) is 0 Å². The number of H-pyrrole nitrogens is 1. The molecule has 1 aromatic carbocycles. The summed E-state index contributed by atoms with van der Waals surface area (Å²) in [7, 11) is 0. The van der Waals surface area contributed by atoms with Crippen LogP contribution in [0.1, 0.15) is 17.3 Å². The molecule has 5 heteroatoms. The molecular formula is C13H10N2O3. The predicted octanol–water partition coefficient (Wildman–Crippen LogP) is 2.26. The maximum absolute atomic E-state index is 12.0. The number of aromatic amines is 1. The fraction of sp³-hybridized carbons (Fsp3) is 0.154. The van der Waals surface area contributed by atoms with Crippen molar-refractivity contribution >= 4 is 22.6 Å². The van der Waals surface area contributed by atoms with Crippen LogP contribution in [0, 0.1) is 6.57 Å². The molecule has 0 atom stereocenters. The second-order valence-corrected chi connectivity index (χ2v) is 3.59. The lowest BCUT2D eigenvalue weighted by Crippen LogP contribution is -2.18. The number of fused-ring (bicyclic) bond motifs is 1. The zero-order valence-electron chi connectivity index (χ0n) is 9.69. The zero-order valence-corrected chi connectivity index (χ0v) is 9.69. The summed E-state index contributed by atoms with van der Waals surface area (Å²) >= 11 is 0.